The summed E-state index contributed by atoms with van der Waals surface area (Å²) < 4.78 is 0. The third-order valence-electron chi connectivity index (χ3n) is 4.96. The van der Waals surface area contributed by atoms with E-state index in [4.69, 9.17) is 0 Å². The fourth-order valence-electron chi connectivity index (χ4n) is 3.51. The Bertz CT molecular complexity index is 901. The van der Waals surface area contributed by atoms with E-state index in [1.165, 1.54) is 44.5 Å². The molecule has 0 heteroatoms. The Labute approximate surface area is 158 Å². The van der Waals surface area contributed by atoms with Gasteiger partial charge in [0.05, 0.1) is 0 Å². The third kappa shape index (κ3) is 4.14. The van der Waals surface area contributed by atoms with E-state index in [0.29, 0.717) is 0 Å². The van der Waals surface area contributed by atoms with Crippen LogP contribution >= 0.6 is 0 Å². The number of rotatable bonds is 6. The minimum Gasteiger partial charge on any atom is -0.100 e. The number of benzene rings is 3. The van der Waals surface area contributed by atoms with E-state index in [9.17, 15) is 0 Å². The first kappa shape index (κ1) is 18.2. The molecule has 0 aliphatic rings. The second-order valence-corrected chi connectivity index (χ2v) is 7.21. The molecule has 3 aromatic carbocycles. The molecular weight excluding hydrogens is 312 g/mol. The molecule has 3 aromatic rings. The topological polar surface area (TPSA) is 0 Å². The van der Waals surface area contributed by atoms with Crippen LogP contribution in [0.1, 0.15) is 37.0 Å². The Morgan fingerprint density at radius 1 is 0.808 bits per heavy atom. The molecule has 0 saturated carbocycles. The third-order valence-corrected chi connectivity index (χ3v) is 4.96. The van der Waals surface area contributed by atoms with E-state index in [1.807, 2.05) is 0 Å². The van der Waals surface area contributed by atoms with Gasteiger partial charge < -0.3 is 0 Å². The van der Waals surface area contributed by atoms with Crippen molar-refractivity contribution >= 4 is 0 Å². The molecule has 0 spiro atoms. The summed E-state index contributed by atoms with van der Waals surface area (Å²) in [4.78, 5) is 0. The molecule has 0 aliphatic heterocycles. The summed E-state index contributed by atoms with van der Waals surface area (Å²) in [7, 11) is 0. The lowest BCUT2D eigenvalue weighted by molar-refractivity contribution is 0.945. The van der Waals surface area contributed by atoms with Crippen LogP contribution in [0.5, 0.6) is 0 Å². The van der Waals surface area contributed by atoms with Crippen LogP contribution in [0.3, 0.4) is 0 Å². The van der Waals surface area contributed by atoms with Crippen LogP contribution in [0.25, 0.3) is 22.3 Å². The van der Waals surface area contributed by atoms with Crippen LogP contribution in [0, 0.1) is 6.92 Å². The van der Waals surface area contributed by atoms with Gasteiger partial charge in [0.1, 0.15) is 0 Å². The lowest BCUT2D eigenvalue weighted by Crippen LogP contribution is -1.95. The summed E-state index contributed by atoms with van der Waals surface area (Å²) in [5, 5.41) is 0. The lowest BCUT2D eigenvalue weighted by Gasteiger charge is -2.15. The minimum atomic E-state index is 1.03. The fourth-order valence-corrected chi connectivity index (χ4v) is 3.51. The van der Waals surface area contributed by atoms with Crippen LogP contribution < -0.4 is 0 Å². The summed E-state index contributed by atoms with van der Waals surface area (Å²) in [6.07, 6.45) is 3.12. The quantitative estimate of drug-likeness (QED) is 0.410. The first-order valence-electron chi connectivity index (χ1n) is 9.51. The molecule has 0 N–H and O–H groups in total. The molecule has 0 heterocycles. The molecule has 0 aromatic heterocycles. The molecule has 0 aliphatic carbocycles. The molecular formula is C26H28. The highest BCUT2D eigenvalue weighted by molar-refractivity contribution is 5.75. The Balaban J connectivity index is 2.04. The van der Waals surface area contributed by atoms with Gasteiger partial charge in [-0.25, -0.2) is 0 Å². The maximum Gasteiger partial charge on any atom is -0.0152 e. The van der Waals surface area contributed by atoms with Crippen molar-refractivity contribution in [2.24, 2.45) is 0 Å². The standard InChI is InChI=1S/C26H28/c1-5-21-18-24(14-16-25(21)22-9-7-6-8-10-22)26-15-12-20(4)17-23(26)13-11-19(2)3/h6-10,12,14-18H,2,5,11,13H2,1,3-4H3. The molecule has 0 amide bonds. The van der Waals surface area contributed by atoms with Gasteiger partial charge in [0, 0.05) is 0 Å². The second kappa shape index (κ2) is 8.19. The minimum absolute atomic E-state index is 1.03. The molecule has 26 heavy (non-hydrogen) atoms. The molecule has 0 fully saturated rings. The summed E-state index contributed by atoms with van der Waals surface area (Å²) in [5.41, 5.74) is 10.7. The molecule has 132 valence electrons. The number of hydrogen-bond donors (Lipinski definition) is 0. The van der Waals surface area contributed by atoms with Gasteiger partial charge >= 0.3 is 0 Å². The molecule has 0 atom stereocenters. The van der Waals surface area contributed by atoms with Crippen molar-refractivity contribution in [2.75, 3.05) is 0 Å². The van der Waals surface area contributed by atoms with Crippen molar-refractivity contribution in [3.05, 3.63) is 95.6 Å². The van der Waals surface area contributed by atoms with Gasteiger partial charge in [-0.3, -0.25) is 0 Å². The largest absolute Gasteiger partial charge is 0.100 e. The van der Waals surface area contributed by atoms with Crippen molar-refractivity contribution in [1.29, 1.82) is 0 Å². The molecule has 0 nitrogen and oxygen atoms in total. The van der Waals surface area contributed by atoms with Crippen LogP contribution in [-0.4, -0.2) is 0 Å². The van der Waals surface area contributed by atoms with E-state index in [1.54, 1.807) is 0 Å². The molecule has 0 bridgehead atoms. The Morgan fingerprint density at radius 3 is 2.19 bits per heavy atom. The Morgan fingerprint density at radius 2 is 1.50 bits per heavy atom. The first-order chi connectivity index (χ1) is 12.6. The van der Waals surface area contributed by atoms with Crippen molar-refractivity contribution in [2.45, 2.75) is 40.0 Å². The second-order valence-electron chi connectivity index (χ2n) is 7.21. The Kier molecular flexibility index (Phi) is 5.73. The van der Waals surface area contributed by atoms with Crippen LogP contribution in [0.4, 0.5) is 0 Å². The SMILES string of the molecule is C=C(C)CCc1cc(C)ccc1-c1ccc(-c2ccccc2)c(CC)c1. The molecule has 0 radical (unpaired) electrons. The summed E-state index contributed by atoms with van der Waals surface area (Å²) in [6, 6.07) is 24.4. The predicted molar refractivity (Wildman–Crippen MR) is 115 cm³/mol. The van der Waals surface area contributed by atoms with Crippen molar-refractivity contribution < 1.29 is 0 Å². The van der Waals surface area contributed by atoms with Gasteiger partial charge in [-0.15, -0.1) is 6.58 Å². The Hall–Kier alpha value is -2.60. The van der Waals surface area contributed by atoms with Crippen LogP contribution in [0.2, 0.25) is 0 Å². The normalized spacial score (nSPS) is 10.7. The summed E-state index contributed by atoms with van der Waals surface area (Å²) >= 11 is 0. The zero-order valence-corrected chi connectivity index (χ0v) is 16.2. The maximum absolute atomic E-state index is 4.07. The van der Waals surface area contributed by atoms with Gasteiger partial charge in [0.25, 0.3) is 0 Å². The summed E-state index contributed by atoms with van der Waals surface area (Å²) in [6.45, 7) is 10.6. The monoisotopic (exact) mass is 340 g/mol. The number of hydrogen-bond acceptors (Lipinski definition) is 0. The van der Waals surface area contributed by atoms with Gasteiger partial charge in [-0.2, -0.15) is 0 Å². The van der Waals surface area contributed by atoms with Crippen LogP contribution in [-0.2, 0) is 12.8 Å². The highest BCUT2D eigenvalue weighted by Crippen LogP contribution is 2.32. The zero-order valence-electron chi connectivity index (χ0n) is 16.2. The predicted octanol–water partition coefficient (Wildman–Crippen LogP) is 7.40. The van der Waals surface area contributed by atoms with Crippen LogP contribution in [0.15, 0.2) is 78.9 Å². The van der Waals surface area contributed by atoms with Crippen molar-refractivity contribution in [3.8, 4) is 22.3 Å². The van der Waals surface area contributed by atoms with Gasteiger partial charge in [-0.05, 0) is 66.5 Å². The van der Waals surface area contributed by atoms with Gasteiger partial charge in [0.15, 0.2) is 0 Å². The maximum atomic E-state index is 4.07. The average Bonchev–Trinajstić information content (AvgIpc) is 2.66. The van der Waals surface area contributed by atoms with E-state index in [2.05, 4.69) is 94.1 Å². The van der Waals surface area contributed by atoms with E-state index >= 15 is 0 Å². The summed E-state index contributed by atoms with van der Waals surface area (Å²) in [5.74, 6) is 0. The van der Waals surface area contributed by atoms with Crippen molar-refractivity contribution in [1.82, 2.24) is 0 Å². The van der Waals surface area contributed by atoms with E-state index < -0.39 is 0 Å². The molecule has 0 saturated heterocycles. The first-order valence-corrected chi connectivity index (χ1v) is 9.51. The zero-order chi connectivity index (χ0) is 18.5. The van der Waals surface area contributed by atoms with E-state index in [-0.39, 0.29) is 0 Å². The number of allylic oxidation sites excluding steroid dienone is 1. The van der Waals surface area contributed by atoms with Crippen molar-refractivity contribution in [3.63, 3.8) is 0 Å². The van der Waals surface area contributed by atoms with Gasteiger partial charge in [0.2, 0.25) is 0 Å². The van der Waals surface area contributed by atoms with E-state index in [0.717, 1.165) is 19.3 Å². The fraction of sp³-hybridized carbons (Fsp3) is 0.231. The number of aryl methyl sites for hydroxylation is 3. The molecule has 0 unspecified atom stereocenters. The van der Waals surface area contributed by atoms with Gasteiger partial charge in [-0.1, -0.05) is 84.8 Å². The lowest BCUT2D eigenvalue weighted by atomic mass is 9.90. The highest BCUT2D eigenvalue weighted by Gasteiger charge is 2.10. The smallest absolute Gasteiger partial charge is 0.0152 e. The molecule has 3 rings (SSSR count). The average molecular weight is 341 g/mol. The highest BCUT2D eigenvalue weighted by atomic mass is 14.1.